The molecule has 0 radical (unpaired) electrons. The van der Waals surface area contributed by atoms with Crippen LogP contribution < -0.4 is 5.73 Å². The molecule has 0 aliphatic carbocycles. The van der Waals surface area contributed by atoms with Gasteiger partial charge in [-0.2, -0.15) is 4.31 Å². The Morgan fingerprint density at radius 2 is 1.89 bits per heavy atom. The van der Waals surface area contributed by atoms with Gasteiger partial charge in [-0.3, -0.25) is 9.52 Å². The fourth-order valence-electron chi connectivity index (χ4n) is 2.79. The summed E-state index contributed by atoms with van der Waals surface area (Å²) in [7, 11) is -10.4. The Kier molecular flexibility index (Phi) is 5.49. The van der Waals surface area contributed by atoms with Crippen molar-refractivity contribution in [3.63, 3.8) is 0 Å². The average molecular weight is 426 g/mol. The lowest BCUT2D eigenvalue weighted by atomic mass is 9.95. The first-order chi connectivity index (χ1) is 12.5. The highest BCUT2D eigenvalue weighted by Crippen LogP contribution is 2.57. The molecule has 2 aliphatic heterocycles. The number of hydrogen-bond donors (Lipinski definition) is 6. The summed E-state index contributed by atoms with van der Waals surface area (Å²) in [4.78, 5) is 38.3. The SMILES string of the molecule is Nc1ncnc2c1N=CC2C1O[C@H](COP(=O)(O)OP(=O)(O)O)C(O)C1O. The summed E-state index contributed by atoms with van der Waals surface area (Å²) in [6.07, 6.45) is -2.67. The topological polar surface area (TPSA) is 227 Å². The Labute approximate surface area is 151 Å². The molecular weight excluding hydrogens is 410 g/mol. The molecule has 3 rings (SSSR count). The molecule has 1 fully saturated rings. The van der Waals surface area contributed by atoms with Crippen molar-refractivity contribution in [2.24, 2.45) is 4.99 Å². The molecule has 0 saturated carbocycles. The lowest BCUT2D eigenvalue weighted by Crippen LogP contribution is -2.36. The van der Waals surface area contributed by atoms with Crippen LogP contribution in [0.4, 0.5) is 11.5 Å². The number of hydrogen-bond acceptors (Lipinski definition) is 11. The Bertz CT molecular complexity index is 846. The molecule has 5 unspecified atom stereocenters. The van der Waals surface area contributed by atoms with Gasteiger partial charge in [-0.05, 0) is 0 Å². The van der Waals surface area contributed by atoms with E-state index in [0.29, 0.717) is 11.4 Å². The van der Waals surface area contributed by atoms with E-state index >= 15 is 0 Å². The van der Waals surface area contributed by atoms with E-state index in [2.05, 4.69) is 23.8 Å². The van der Waals surface area contributed by atoms with Crippen LogP contribution in [0.3, 0.4) is 0 Å². The van der Waals surface area contributed by atoms with E-state index in [1.54, 1.807) is 0 Å². The van der Waals surface area contributed by atoms with Crippen molar-refractivity contribution in [3.8, 4) is 0 Å². The number of rotatable bonds is 6. The van der Waals surface area contributed by atoms with Crippen LogP contribution >= 0.6 is 15.6 Å². The zero-order chi connectivity index (χ0) is 20.0. The first-order valence-electron chi connectivity index (χ1n) is 7.39. The summed E-state index contributed by atoms with van der Waals surface area (Å²) in [6, 6.07) is 0. The number of aromatic nitrogens is 2. The maximum Gasteiger partial charge on any atom is 0.481 e. The molecule has 1 saturated heterocycles. The predicted molar refractivity (Wildman–Crippen MR) is 86.9 cm³/mol. The third-order valence-electron chi connectivity index (χ3n) is 3.92. The second-order valence-electron chi connectivity index (χ2n) is 5.75. The normalized spacial score (nSPS) is 32.4. The number of nitrogens with two attached hydrogens (primary N) is 1. The van der Waals surface area contributed by atoms with E-state index in [0.717, 1.165) is 0 Å². The number of aliphatic hydroxyl groups excluding tert-OH is 2. The Balaban J connectivity index is 1.69. The predicted octanol–water partition coefficient (Wildman–Crippen LogP) is -1.43. The summed E-state index contributed by atoms with van der Waals surface area (Å²) < 4.78 is 35.7. The minimum Gasteiger partial charge on any atom is -0.388 e. The molecule has 7 N–H and O–H groups in total. The summed E-state index contributed by atoms with van der Waals surface area (Å²) in [5.74, 6) is -0.547. The van der Waals surface area contributed by atoms with Crippen LogP contribution in [-0.4, -0.2) is 72.1 Å². The van der Waals surface area contributed by atoms with Gasteiger partial charge in [0.05, 0.1) is 18.2 Å². The van der Waals surface area contributed by atoms with Crippen molar-refractivity contribution >= 4 is 33.4 Å². The van der Waals surface area contributed by atoms with Crippen molar-refractivity contribution in [1.29, 1.82) is 0 Å². The van der Waals surface area contributed by atoms with Crippen molar-refractivity contribution in [2.75, 3.05) is 12.3 Å². The third-order valence-corrected chi connectivity index (χ3v) is 6.08. The molecule has 3 heterocycles. The first kappa shape index (κ1) is 20.4. The molecule has 2 aliphatic rings. The lowest BCUT2D eigenvalue weighted by molar-refractivity contribution is -0.0233. The van der Waals surface area contributed by atoms with Crippen LogP contribution in [-0.2, 0) is 22.7 Å². The van der Waals surface area contributed by atoms with E-state index in [9.17, 15) is 24.2 Å². The van der Waals surface area contributed by atoms with Gasteiger partial charge in [0, 0.05) is 6.21 Å². The van der Waals surface area contributed by atoms with E-state index in [1.165, 1.54) is 12.5 Å². The van der Waals surface area contributed by atoms with Gasteiger partial charge in [0.2, 0.25) is 0 Å². The smallest absolute Gasteiger partial charge is 0.388 e. The van der Waals surface area contributed by atoms with Gasteiger partial charge in [0.1, 0.15) is 36.4 Å². The van der Waals surface area contributed by atoms with Gasteiger partial charge in [-0.1, -0.05) is 0 Å². The summed E-state index contributed by atoms with van der Waals surface area (Å²) in [5.41, 5.74) is 6.37. The first-order valence-corrected chi connectivity index (χ1v) is 10.4. The van der Waals surface area contributed by atoms with Gasteiger partial charge < -0.3 is 35.4 Å². The van der Waals surface area contributed by atoms with Crippen LogP contribution in [0.2, 0.25) is 0 Å². The Hall–Kier alpha value is -1.31. The number of phosphoric ester groups is 1. The van der Waals surface area contributed by atoms with Crippen LogP contribution in [0.5, 0.6) is 0 Å². The standard InChI is InChI=1S/C11H16N4O10P2/c12-11-7-6(14-3-15-11)4(1-13-7)10-9(17)8(16)5(24-10)2-23-27(21,22)25-26(18,19)20/h1,3-5,8-10,16-17H,2H2,(H,21,22)(H2,12,14,15)(H2,18,19,20)/t4?,5-,8?,9?,10?/m1/s1. The zero-order valence-corrected chi connectivity index (χ0v) is 15.1. The molecule has 150 valence electrons. The van der Waals surface area contributed by atoms with E-state index in [4.69, 9.17) is 20.3 Å². The van der Waals surface area contributed by atoms with E-state index in [-0.39, 0.29) is 5.82 Å². The van der Waals surface area contributed by atoms with Crippen molar-refractivity contribution in [1.82, 2.24) is 9.97 Å². The fourth-order valence-corrected chi connectivity index (χ4v) is 4.39. The minimum absolute atomic E-state index is 0.127. The number of phosphoric acid groups is 2. The third kappa shape index (κ3) is 4.41. The Morgan fingerprint density at radius 1 is 1.19 bits per heavy atom. The molecule has 0 bridgehead atoms. The highest BCUT2D eigenvalue weighted by atomic mass is 31.3. The molecule has 1 aromatic heterocycles. The van der Waals surface area contributed by atoms with Crippen LogP contribution in [0, 0.1) is 0 Å². The highest BCUT2D eigenvalue weighted by molar-refractivity contribution is 7.60. The molecular formula is C11H16N4O10P2. The number of aliphatic imine (C=N–C) groups is 1. The van der Waals surface area contributed by atoms with Gasteiger partial charge in [-0.25, -0.2) is 19.1 Å². The van der Waals surface area contributed by atoms with Crippen molar-refractivity contribution < 1.29 is 47.6 Å². The van der Waals surface area contributed by atoms with Gasteiger partial charge in [0.15, 0.2) is 5.82 Å². The van der Waals surface area contributed by atoms with E-state index in [1.807, 2.05) is 0 Å². The average Bonchev–Trinajstić information content (AvgIpc) is 3.07. The molecule has 27 heavy (non-hydrogen) atoms. The number of nitrogen functional groups attached to an aromatic ring is 1. The number of ether oxygens (including phenoxy) is 1. The number of fused-ring (bicyclic) bond motifs is 1. The molecule has 0 amide bonds. The summed E-state index contributed by atoms with van der Waals surface area (Å²) in [5, 5.41) is 20.3. The van der Waals surface area contributed by atoms with Crippen LogP contribution in [0.1, 0.15) is 11.6 Å². The van der Waals surface area contributed by atoms with Crippen molar-refractivity contribution in [3.05, 3.63) is 12.0 Å². The van der Waals surface area contributed by atoms with Gasteiger partial charge >= 0.3 is 15.6 Å². The highest BCUT2D eigenvalue weighted by Gasteiger charge is 2.49. The molecule has 0 aromatic carbocycles. The van der Waals surface area contributed by atoms with Crippen LogP contribution in [0.25, 0.3) is 0 Å². The monoisotopic (exact) mass is 426 g/mol. The largest absolute Gasteiger partial charge is 0.481 e. The van der Waals surface area contributed by atoms with Gasteiger partial charge in [0.25, 0.3) is 0 Å². The zero-order valence-electron chi connectivity index (χ0n) is 13.3. The summed E-state index contributed by atoms with van der Waals surface area (Å²) >= 11 is 0. The second-order valence-corrected chi connectivity index (χ2v) is 8.58. The number of aliphatic hydroxyl groups is 2. The maximum atomic E-state index is 11.5. The molecule has 6 atom stereocenters. The lowest BCUT2D eigenvalue weighted by Gasteiger charge is -2.20. The fraction of sp³-hybridized carbons (Fsp3) is 0.545. The Morgan fingerprint density at radius 3 is 2.56 bits per heavy atom. The molecule has 14 nitrogen and oxygen atoms in total. The molecule has 16 heteroatoms. The second kappa shape index (κ2) is 7.26. The van der Waals surface area contributed by atoms with Crippen molar-refractivity contribution in [2.45, 2.75) is 30.3 Å². The van der Waals surface area contributed by atoms with E-state index < -0.39 is 52.6 Å². The quantitative estimate of drug-likeness (QED) is 0.287. The summed E-state index contributed by atoms with van der Waals surface area (Å²) in [6.45, 7) is -0.787. The van der Waals surface area contributed by atoms with Gasteiger partial charge in [-0.15, -0.1) is 0 Å². The molecule has 1 aromatic rings. The number of anilines is 1. The molecule has 0 spiro atoms. The van der Waals surface area contributed by atoms with Crippen LogP contribution in [0.15, 0.2) is 11.3 Å². The maximum absolute atomic E-state index is 11.5. The number of nitrogens with zero attached hydrogens (tertiary/aromatic N) is 3. The minimum atomic E-state index is -5.28.